The van der Waals surface area contributed by atoms with Crippen LogP contribution in [0.25, 0.3) is 0 Å². The largest absolute Gasteiger partial charge is 0.491 e. The lowest BCUT2D eigenvalue weighted by atomic mass is 10.2. The molecule has 106 valence electrons. The van der Waals surface area contributed by atoms with Crippen LogP contribution in [0.4, 0.5) is 0 Å². The molecular weight excluding hydrogens is 274 g/mol. The second kappa shape index (κ2) is 8.35. The van der Waals surface area contributed by atoms with E-state index in [1.54, 1.807) is 11.3 Å². The van der Waals surface area contributed by atoms with Crippen LogP contribution in [0.15, 0.2) is 47.8 Å². The summed E-state index contributed by atoms with van der Waals surface area (Å²) in [7, 11) is 0. The number of carbonyl (C=O) groups is 1. The molecule has 0 bridgehead atoms. The van der Waals surface area contributed by atoms with Gasteiger partial charge in [-0.25, -0.2) is 5.48 Å². The van der Waals surface area contributed by atoms with E-state index in [0.717, 1.165) is 12.2 Å². The van der Waals surface area contributed by atoms with Crippen molar-refractivity contribution in [2.75, 3.05) is 13.2 Å². The fraction of sp³-hybridized carbons (Fsp3) is 0.267. The summed E-state index contributed by atoms with van der Waals surface area (Å²) in [6.45, 7) is 0.717. The molecule has 0 unspecified atom stereocenters. The first kappa shape index (κ1) is 14.6. The SMILES string of the molecule is O=C(CCc1cccs1)NOCCOc1ccccc1. The minimum atomic E-state index is -0.113. The van der Waals surface area contributed by atoms with Crippen LogP contribution in [0.1, 0.15) is 11.3 Å². The lowest BCUT2D eigenvalue weighted by molar-refractivity contribution is -0.134. The third-order valence-electron chi connectivity index (χ3n) is 2.56. The number of para-hydroxylation sites is 1. The maximum atomic E-state index is 11.5. The van der Waals surface area contributed by atoms with E-state index >= 15 is 0 Å². The number of nitrogens with one attached hydrogen (secondary N) is 1. The van der Waals surface area contributed by atoms with Crippen molar-refractivity contribution >= 4 is 17.2 Å². The Balaban J connectivity index is 1.51. The van der Waals surface area contributed by atoms with E-state index in [-0.39, 0.29) is 5.91 Å². The van der Waals surface area contributed by atoms with Gasteiger partial charge in [0.15, 0.2) is 0 Å². The van der Waals surface area contributed by atoms with Crippen molar-refractivity contribution in [1.29, 1.82) is 0 Å². The molecule has 0 aliphatic rings. The Bertz CT molecular complexity index is 499. The summed E-state index contributed by atoms with van der Waals surface area (Å²) in [6.07, 6.45) is 1.17. The van der Waals surface area contributed by atoms with Crippen LogP contribution in [0.5, 0.6) is 5.75 Å². The molecule has 4 nitrogen and oxygen atoms in total. The van der Waals surface area contributed by atoms with Gasteiger partial charge in [-0.1, -0.05) is 24.3 Å². The molecule has 0 aliphatic heterocycles. The molecule has 2 aromatic rings. The topological polar surface area (TPSA) is 47.6 Å². The minimum Gasteiger partial charge on any atom is -0.491 e. The fourth-order valence-corrected chi connectivity index (χ4v) is 2.30. The Kier molecular flexibility index (Phi) is 6.07. The molecule has 0 saturated carbocycles. The molecule has 20 heavy (non-hydrogen) atoms. The van der Waals surface area contributed by atoms with Crippen LogP contribution >= 0.6 is 11.3 Å². The molecule has 1 N–H and O–H groups in total. The first-order chi connectivity index (χ1) is 9.84. The molecule has 1 aromatic heterocycles. The Morgan fingerprint density at radius 3 is 2.70 bits per heavy atom. The van der Waals surface area contributed by atoms with E-state index in [4.69, 9.17) is 9.57 Å². The standard InChI is InChI=1S/C15H17NO3S/c17-15(9-8-14-7-4-12-20-14)16-19-11-10-18-13-5-2-1-3-6-13/h1-7,12H,8-11H2,(H,16,17). The Morgan fingerprint density at radius 1 is 1.10 bits per heavy atom. The normalized spacial score (nSPS) is 10.2. The molecule has 0 aliphatic carbocycles. The number of benzene rings is 1. The Hall–Kier alpha value is -1.85. The van der Waals surface area contributed by atoms with Crippen LogP contribution in [0.2, 0.25) is 0 Å². The summed E-state index contributed by atoms with van der Waals surface area (Å²) in [6, 6.07) is 13.5. The smallest absolute Gasteiger partial charge is 0.243 e. The van der Waals surface area contributed by atoms with Gasteiger partial charge in [0.05, 0.1) is 0 Å². The number of carbonyl (C=O) groups excluding carboxylic acids is 1. The summed E-state index contributed by atoms with van der Waals surface area (Å²) in [5, 5.41) is 2.00. The van der Waals surface area contributed by atoms with Gasteiger partial charge in [-0.2, -0.15) is 0 Å². The molecule has 0 fully saturated rings. The lowest BCUT2D eigenvalue weighted by Gasteiger charge is -2.07. The second-order valence-corrected chi connectivity index (χ2v) is 5.15. The van der Waals surface area contributed by atoms with Gasteiger partial charge in [0.1, 0.15) is 19.0 Å². The Morgan fingerprint density at radius 2 is 1.95 bits per heavy atom. The van der Waals surface area contributed by atoms with Gasteiger partial charge in [-0.15, -0.1) is 11.3 Å². The maximum Gasteiger partial charge on any atom is 0.243 e. The van der Waals surface area contributed by atoms with Gasteiger partial charge < -0.3 is 4.74 Å². The average Bonchev–Trinajstić information content (AvgIpc) is 2.99. The minimum absolute atomic E-state index is 0.113. The number of hydrogen-bond acceptors (Lipinski definition) is 4. The molecule has 5 heteroatoms. The molecule has 2 rings (SSSR count). The van der Waals surface area contributed by atoms with Crippen molar-refractivity contribution in [1.82, 2.24) is 5.48 Å². The highest BCUT2D eigenvalue weighted by Crippen LogP contribution is 2.10. The van der Waals surface area contributed by atoms with Crippen LogP contribution in [-0.2, 0) is 16.1 Å². The van der Waals surface area contributed by atoms with E-state index in [1.807, 2.05) is 47.8 Å². The zero-order valence-corrected chi connectivity index (χ0v) is 11.9. The number of thiophene rings is 1. The number of rotatable bonds is 8. The zero-order valence-electron chi connectivity index (χ0n) is 11.1. The van der Waals surface area contributed by atoms with E-state index in [1.165, 1.54) is 4.88 Å². The third-order valence-corrected chi connectivity index (χ3v) is 3.50. The van der Waals surface area contributed by atoms with Crippen LogP contribution < -0.4 is 10.2 Å². The van der Waals surface area contributed by atoms with Gasteiger partial charge >= 0.3 is 0 Å². The maximum absolute atomic E-state index is 11.5. The number of amides is 1. The zero-order chi connectivity index (χ0) is 14.0. The molecule has 0 spiro atoms. The molecule has 0 atom stereocenters. The van der Waals surface area contributed by atoms with Crippen molar-refractivity contribution in [2.45, 2.75) is 12.8 Å². The summed E-state index contributed by atoms with van der Waals surface area (Å²) < 4.78 is 5.43. The molecule has 1 heterocycles. The van der Waals surface area contributed by atoms with Gasteiger partial charge in [0, 0.05) is 11.3 Å². The van der Waals surface area contributed by atoms with Gasteiger partial charge in [-0.05, 0) is 30.0 Å². The number of ether oxygens (including phenoxy) is 1. The molecular formula is C15H17NO3S. The van der Waals surface area contributed by atoms with Crippen molar-refractivity contribution in [3.05, 3.63) is 52.7 Å². The predicted octanol–water partition coefficient (Wildman–Crippen LogP) is 2.81. The van der Waals surface area contributed by atoms with E-state index in [0.29, 0.717) is 19.6 Å². The molecule has 1 amide bonds. The number of aryl methyl sites for hydroxylation is 1. The highest BCUT2D eigenvalue weighted by Gasteiger charge is 2.02. The molecule has 0 saturated heterocycles. The summed E-state index contributed by atoms with van der Waals surface area (Å²) in [4.78, 5) is 17.8. The van der Waals surface area contributed by atoms with Crippen LogP contribution in [0, 0.1) is 0 Å². The first-order valence-corrected chi connectivity index (χ1v) is 7.33. The first-order valence-electron chi connectivity index (χ1n) is 6.45. The lowest BCUT2D eigenvalue weighted by Crippen LogP contribution is -2.26. The summed E-state index contributed by atoms with van der Waals surface area (Å²) in [5.74, 6) is 0.679. The fourth-order valence-electron chi connectivity index (χ4n) is 1.59. The van der Waals surface area contributed by atoms with Crippen molar-refractivity contribution in [3.63, 3.8) is 0 Å². The second-order valence-electron chi connectivity index (χ2n) is 4.11. The highest BCUT2D eigenvalue weighted by molar-refractivity contribution is 7.09. The van der Waals surface area contributed by atoms with Crippen LogP contribution in [-0.4, -0.2) is 19.1 Å². The highest BCUT2D eigenvalue weighted by atomic mass is 32.1. The number of hydrogen-bond donors (Lipinski definition) is 1. The van der Waals surface area contributed by atoms with E-state index in [2.05, 4.69) is 5.48 Å². The van der Waals surface area contributed by atoms with Gasteiger partial charge in [-0.3, -0.25) is 9.63 Å². The molecule has 1 aromatic carbocycles. The molecule has 0 radical (unpaired) electrons. The van der Waals surface area contributed by atoms with Crippen LogP contribution in [0.3, 0.4) is 0 Å². The average molecular weight is 291 g/mol. The summed E-state index contributed by atoms with van der Waals surface area (Å²) in [5.41, 5.74) is 2.42. The monoisotopic (exact) mass is 291 g/mol. The van der Waals surface area contributed by atoms with Gasteiger partial charge in [0.25, 0.3) is 0 Å². The summed E-state index contributed by atoms with van der Waals surface area (Å²) >= 11 is 1.65. The van der Waals surface area contributed by atoms with Gasteiger partial charge in [0.2, 0.25) is 5.91 Å². The van der Waals surface area contributed by atoms with E-state index in [9.17, 15) is 4.79 Å². The Labute approximate surface area is 122 Å². The quantitative estimate of drug-likeness (QED) is 0.601. The van der Waals surface area contributed by atoms with E-state index < -0.39 is 0 Å². The third kappa shape index (κ3) is 5.42. The van der Waals surface area contributed by atoms with Crippen molar-refractivity contribution in [3.8, 4) is 5.75 Å². The van der Waals surface area contributed by atoms with Crippen molar-refractivity contribution in [2.24, 2.45) is 0 Å². The predicted molar refractivity (Wildman–Crippen MR) is 78.7 cm³/mol. The van der Waals surface area contributed by atoms with Crippen molar-refractivity contribution < 1.29 is 14.4 Å². The number of hydroxylamine groups is 1.